The summed E-state index contributed by atoms with van der Waals surface area (Å²) in [5.41, 5.74) is 0.861. The third kappa shape index (κ3) is 3.05. The van der Waals surface area contributed by atoms with Crippen molar-refractivity contribution in [2.24, 2.45) is 0 Å². The van der Waals surface area contributed by atoms with Crippen LogP contribution in [0.3, 0.4) is 0 Å². The predicted molar refractivity (Wildman–Crippen MR) is 63.8 cm³/mol. The first kappa shape index (κ1) is 13.2. The van der Waals surface area contributed by atoms with Crippen molar-refractivity contribution in [2.75, 3.05) is 27.7 Å². The Morgan fingerprint density at radius 1 is 1.41 bits per heavy atom. The van der Waals surface area contributed by atoms with Gasteiger partial charge in [0.25, 0.3) is 0 Å². The number of methoxy groups -OCH3 is 1. The second kappa shape index (κ2) is 5.46. The largest absolute Gasteiger partial charge is 0.464 e. The van der Waals surface area contributed by atoms with Gasteiger partial charge >= 0.3 is 5.97 Å². The second-order valence-corrected chi connectivity index (χ2v) is 4.43. The van der Waals surface area contributed by atoms with Gasteiger partial charge in [0.15, 0.2) is 6.54 Å². The Bertz CT molecular complexity index is 421. The van der Waals surface area contributed by atoms with Crippen molar-refractivity contribution in [1.82, 2.24) is 0 Å². The van der Waals surface area contributed by atoms with Gasteiger partial charge in [-0.2, -0.15) is 5.26 Å². The topological polar surface area (TPSA) is 50.1 Å². The van der Waals surface area contributed by atoms with E-state index in [9.17, 15) is 4.79 Å². The number of benzene rings is 1. The molecule has 0 radical (unpaired) electrons. The highest BCUT2D eigenvalue weighted by Gasteiger charge is 2.37. The maximum atomic E-state index is 11.9. The number of esters is 1. The van der Waals surface area contributed by atoms with E-state index >= 15 is 0 Å². The average Bonchev–Trinajstić information content (AvgIpc) is 2.30. The fourth-order valence-corrected chi connectivity index (χ4v) is 1.85. The van der Waals surface area contributed by atoms with Crippen molar-refractivity contribution in [3.8, 4) is 6.07 Å². The molecule has 1 aromatic carbocycles. The maximum Gasteiger partial charge on any atom is 0.369 e. The van der Waals surface area contributed by atoms with Gasteiger partial charge in [-0.15, -0.1) is 0 Å². The van der Waals surface area contributed by atoms with Crippen LogP contribution in [0.25, 0.3) is 0 Å². The van der Waals surface area contributed by atoms with Crippen LogP contribution in [-0.4, -0.2) is 38.2 Å². The van der Waals surface area contributed by atoms with E-state index in [4.69, 9.17) is 10.00 Å². The van der Waals surface area contributed by atoms with Crippen molar-refractivity contribution in [2.45, 2.75) is 6.04 Å². The van der Waals surface area contributed by atoms with E-state index in [2.05, 4.69) is 6.07 Å². The molecule has 0 aliphatic heterocycles. The summed E-state index contributed by atoms with van der Waals surface area (Å²) in [5, 5.41) is 8.83. The Morgan fingerprint density at radius 3 is 2.47 bits per heavy atom. The molecule has 1 rings (SSSR count). The Morgan fingerprint density at radius 2 is 2.00 bits per heavy atom. The maximum absolute atomic E-state index is 11.9. The number of nitrogens with zero attached hydrogens (tertiary/aromatic N) is 2. The van der Waals surface area contributed by atoms with Crippen LogP contribution in [0.1, 0.15) is 11.6 Å². The zero-order chi connectivity index (χ0) is 12.9. The number of rotatable bonds is 4. The molecule has 0 heterocycles. The first-order valence-corrected chi connectivity index (χ1v) is 5.35. The third-order valence-corrected chi connectivity index (χ3v) is 2.72. The number of carbonyl (C=O) groups excluding carboxylic acids is 1. The van der Waals surface area contributed by atoms with Crippen molar-refractivity contribution in [1.29, 1.82) is 5.26 Å². The zero-order valence-corrected chi connectivity index (χ0v) is 10.4. The van der Waals surface area contributed by atoms with Gasteiger partial charge in [-0.05, 0) is 0 Å². The van der Waals surface area contributed by atoms with Gasteiger partial charge < -0.3 is 9.22 Å². The van der Waals surface area contributed by atoms with Gasteiger partial charge in [0, 0.05) is 5.56 Å². The van der Waals surface area contributed by atoms with E-state index in [-0.39, 0.29) is 17.0 Å². The van der Waals surface area contributed by atoms with Crippen LogP contribution in [0.15, 0.2) is 30.3 Å². The lowest BCUT2D eigenvalue weighted by atomic mass is 10.0. The number of ether oxygens (including phenoxy) is 1. The lowest BCUT2D eigenvalue weighted by Gasteiger charge is -2.34. The number of hydrogen-bond acceptors (Lipinski definition) is 3. The van der Waals surface area contributed by atoms with E-state index in [1.807, 2.05) is 44.4 Å². The molecular weight excluding hydrogens is 216 g/mol. The molecule has 1 atom stereocenters. The van der Waals surface area contributed by atoms with Crippen molar-refractivity contribution >= 4 is 5.97 Å². The molecule has 4 nitrogen and oxygen atoms in total. The van der Waals surface area contributed by atoms with Gasteiger partial charge in [-0.3, -0.25) is 0 Å². The van der Waals surface area contributed by atoms with Gasteiger partial charge in [0.2, 0.25) is 6.04 Å². The minimum absolute atomic E-state index is 0.245. The van der Waals surface area contributed by atoms with Crippen LogP contribution in [0, 0.1) is 11.3 Å². The highest BCUT2D eigenvalue weighted by molar-refractivity contribution is 5.76. The summed E-state index contributed by atoms with van der Waals surface area (Å²) < 4.78 is 5.09. The zero-order valence-electron chi connectivity index (χ0n) is 10.4. The SMILES string of the molecule is COC(=O)C(c1ccccc1)[N+](C)(C)CC#N. The van der Waals surface area contributed by atoms with Crippen molar-refractivity contribution in [3.63, 3.8) is 0 Å². The van der Waals surface area contributed by atoms with E-state index in [0.29, 0.717) is 0 Å². The minimum atomic E-state index is -0.471. The molecule has 0 saturated carbocycles. The summed E-state index contributed by atoms with van der Waals surface area (Å²) in [6, 6.07) is 11.0. The number of likely N-dealkylation sites (N-methyl/N-ethyl adjacent to an activating group) is 1. The number of nitriles is 1. The molecule has 0 amide bonds. The van der Waals surface area contributed by atoms with Crippen molar-refractivity contribution in [3.05, 3.63) is 35.9 Å². The second-order valence-electron chi connectivity index (χ2n) is 4.43. The van der Waals surface area contributed by atoms with E-state index in [1.165, 1.54) is 7.11 Å². The molecule has 0 aliphatic carbocycles. The van der Waals surface area contributed by atoms with E-state index in [1.54, 1.807) is 0 Å². The lowest BCUT2D eigenvalue weighted by Crippen LogP contribution is -2.47. The van der Waals surface area contributed by atoms with Crippen LogP contribution in [0.5, 0.6) is 0 Å². The van der Waals surface area contributed by atoms with Crippen LogP contribution < -0.4 is 0 Å². The first-order chi connectivity index (χ1) is 8.03. The summed E-state index contributed by atoms with van der Waals surface area (Å²) in [4.78, 5) is 11.9. The summed E-state index contributed by atoms with van der Waals surface area (Å²) in [6.07, 6.45) is 0. The standard InChI is InChI=1S/C13H17N2O2/c1-15(2,10-9-14)12(13(16)17-3)11-7-5-4-6-8-11/h4-8,12H,10H2,1-3H3/q+1. The van der Waals surface area contributed by atoms with Gasteiger partial charge in [-0.25, -0.2) is 4.79 Å². The Balaban J connectivity index is 3.14. The first-order valence-electron chi connectivity index (χ1n) is 5.35. The molecule has 0 aliphatic rings. The van der Waals surface area contributed by atoms with E-state index in [0.717, 1.165) is 5.56 Å². The molecular formula is C13H17N2O2+. The van der Waals surface area contributed by atoms with Gasteiger partial charge in [0.1, 0.15) is 6.07 Å². The van der Waals surface area contributed by atoms with Gasteiger partial charge in [-0.1, -0.05) is 30.3 Å². The fraction of sp³-hybridized carbons (Fsp3) is 0.385. The third-order valence-electron chi connectivity index (χ3n) is 2.72. The van der Waals surface area contributed by atoms with E-state index < -0.39 is 6.04 Å². The molecule has 0 fully saturated rings. The number of quaternary nitrogens is 1. The Labute approximate surface area is 102 Å². The summed E-state index contributed by atoms with van der Waals surface area (Å²) in [5.74, 6) is -0.323. The average molecular weight is 233 g/mol. The molecule has 4 heteroatoms. The molecule has 0 N–H and O–H groups in total. The number of hydrogen-bond donors (Lipinski definition) is 0. The molecule has 0 saturated heterocycles. The summed E-state index contributed by atoms with van der Waals surface area (Å²) >= 11 is 0. The normalized spacial score (nSPS) is 12.6. The monoisotopic (exact) mass is 233 g/mol. The van der Waals surface area contributed by atoms with Gasteiger partial charge in [0.05, 0.1) is 21.2 Å². The summed E-state index contributed by atoms with van der Waals surface area (Å²) in [7, 11) is 5.06. The van der Waals surface area contributed by atoms with Crippen LogP contribution in [0.4, 0.5) is 0 Å². The Hall–Kier alpha value is -1.86. The summed E-state index contributed by atoms with van der Waals surface area (Å²) in [6.45, 7) is 0.245. The molecule has 0 aromatic heterocycles. The van der Waals surface area contributed by atoms with Crippen molar-refractivity contribution < 1.29 is 14.0 Å². The Kier molecular flexibility index (Phi) is 4.24. The molecule has 0 spiro atoms. The molecule has 1 unspecified atom stereocenters. The van der Waals surface area contributed by atoms with Crippen LogP contribution in [-0.2, 0) is 9.53 Å². The lowest BCUT2D eigenvalue weighted by molar-refractivity contribution is -0.905. The van der Waals surface area contributed by atoms with Crippen LogP contribution >= 0.6 is 0 Å². The molecule has 17 heavy (non-hydrogen) atoms. The predicted octanol–water partition coefficient (Wildman–Crippen LogP) is 1.50. The minimum Gasteiger partial charge on any atom is -0.464 e. The fourth-order valence-electron chi connectivity index (χ4n) is 1.85. The highest BCUT2D eigenvalue weighted by atomic mass is 16.5. The quantitative estimate of drug-likeness (QED) is 0.450. The van der Waals surface area contributed by atoms with Crippen LogP contribution in [0.2, 0.25) is 0 Å². The molecule has 0 bridgehead atoms. The smallest absolute Gasteiger partial charge is 0.369 e. The molecule has 90 valence electrons. The number of carbonyl (C=O) groups is 1. The molecule has 1 aromatic rings. The highest BCUT2D eigenvalue weighted by Crippen LogP contribution is 2.25.